The van der Waals surface area contributed by atoms with Crippen molar-refractivity contribution in [2.45, 2.75) is 45.1 Å². The average molecular weight is 462 g/mol. The number of nitrogens with zero attached hydrogens (tertiary/aromatic N) is 2. The molecule has 0 radical (unpaired) electrons. The number of benzene rings is 2. The van der Waals surface area contributed by atoms with Crippen LogP contribution in [0.3, 0.4) is 0 Å². The summed E-state index contributed by atoms with van der Waals surface area (Å²) in [5, 5.41) is 3.15. The first-order chi connectivity index (χ1) is 16.6. The molecule has 2 aromatic rings. The Morgan fingerprint density at radius 3 is 2.50 bits per heavy atom. The molecule has 5 rings (SSSR count). The predicted molar refractivity (Wildman–Crippen MR) is 134 cm³/mol. The van der Waals surface area contributed by atoms with Crippen LogP contribution in [-0.4, -0.2) is 60.4 Å². The molecule has 0 aromatic heterocycles. The van der Waals surface area contributed by atoms with Gasteiger partial charge >= 0.3 is 0 Å². The van der Waals surface area contributed by atoms with E-state index in [1.54, 1.807) is 6.92 Å². The van der Waals surface area contributed by atoms with E-state index in [4.69, 9.17) is 4.74 Å². The van der Waals surface area contributed by atoms with Crippen molar-refractivity contribution in [3.05, 3.63) is 48.5 Å². The number of nitrogens with one attached hydrogen (secondary N) is 1. The maximum Gasteiger partial charge on any atom is 0.224 e. The van der Waals surface area contributed by atoms with Gasteiger partial charge in [-0.2, -0.15) is 0 Å². The Kier molecular flexibility index (Phi) is 6.86. The van der Waals surface area contributed by atoms with Crippen LogP contribution in [0.4, 0.5) is 5.69 Å². The summed E-state index contributed by atoms with van der Waals surface area (Å²) in [5.41, 5.74) is 2.96. The molecule has 2 fully saturated rings. The molecule has 0 unspecified atom stereocenters. The Hall–Kier alpha value is -2.86. The molecule has 6 heteroatoms. The van der Waals surface area contributed by atoms with Crippen LogP contribution in [0.25, 0.3) is 11.1 Å². The maximum absolute atomic E-state index is 13.0. The Morgan fingerprint density at radius 1 is 0.941 bits per heavy atom. The van der Waals surface area contributed by atoms with E-state index in [9.17, 15) is 9.59 Å². The summed E-state index contributed by atoms with van der Waals surface area (Å²) in [6.45, 7) is 6.10. The summed E-state index contributed by atoms with van der Waals surface area (Å²) in [7, 11) is 0. The second-order valence-corrected chi connectivity index (χ2v) is 10.0. The maximum atomic E-state index is 13.0. The molecule has 0 bridgehead atoms. The minimum atomic E-state index is 0.0789. The van der Waals surface area contributed by atoms with E-state index >= 15 is 0 Å². The third kappa shape index (κ3) is 5.12. The zero-order valence-corrected chi connectivity index (χ0v) is 20.0. The van der Waals surface area contributed by atoms with Crippen molar-refractivity contribution in [2.75, 3.05) is 38.1 Å². The predicted octanol–water partition coefficient (Wildman–Crippen LogP) is 4.41. The van der Waals surface area contributed by atoms with Gasteiger partial charge in [0.25, 0.3) is 0 Å². The molecule has 2 amide bonds. The van der Waals surface area contributed by atoms with Crippen molar-refractivity contribution in [3.8, 4) is 16.9 Å². The summed E-state index contributed by atoms with van der Waals surface area (Å²) < 4.78 is 6.20. The van der Waals surface area contributed by atoms with Gasteiger partial charge in [0.15, 0.2) is 0 Å². The lowest BCUT2D eigenvalue weighted by atomic mass is 9.80. The molecule has 6 nitrogen and oxygen atoms in total. The smallest absolute Gasteiger partial charge is 0.224 e. The third-order valence-electron chi connectivity index (χ3n) is 7.90. The summed E-state index contributed by atoms with van der Waals surface area (Å²) in [4.78, 5) is 29.3. The van der Waals surface area contributed by atoms with Gasteiger partial charge in [-0.25, -0.2) is 0 Å². The first kappa shape index (κ1) is 22.9. The second kappa shape index (κ2) is 10.2. The fourth-order valence-corrected chi connectivity index (χ4v) is 5.91. The standard InChI is InChI=1S/C28H35N3O3/c1-20(32)30-14-10-25(11-15-30)31-13-9-23-18-28(33)29-26-17-22(21-5-3-2-4-6-21)7-8-27(26)34-16-12-24(23)19-31/h2-8,17,23-25H,9-16,18-19H2,1H3,(H,29,33)/t23-,24-/m0/s1. The van der Waals surface area contributed by atoms with Gasteiger partial charge in [0.2, 0.25) is 11.8 Å². The number of rotatable bonds is 2. The molecule has 34 heavy (non-hydrogen) atoms. The first-order valence-electron chi connectivity index (χ1n) is 12.7. The van der Waals surface area contributed by atoms with E-state index in [1.165, 1.54) is 0 Å². The number of hydrogen-bond acceptors (Lipinski definition) is 4. The van der Waals surface area contributed by atoms with Crippen LogP contribution in [0.15, 0.2) is 48.5 Å². The average Bonchev–Trinajstić information content (AvgIpc) is 2.86. The zero-order valence-electron chi connectivity index (χ0n) is 20.0. The van der Waals surface area contributed by atoms with Crippen molar-refractivity contribution in [3.63, 3.8) is 0 Å². The van der Waals surface area contributed by atoms with Crippen molar-refractivity contribution >= 4 is 17.5 Å². The number of anilines is 1. The largest absolute Gasteiger partial charge is 0.491 e. The molecule has 3 heterocycles. The van der Waals surface area contributed by atoms with Crippen molar-refractivity contribution < 1.29 is 14.3 Å². The fourth-order valence-electron chi connectivity index (χ4n) is 5.91. The number of fused-ring (bicyclic) bond motifs is 2. The van der Waals surface area contributed by atoms with E-state index in [0.29, 0.717) is 30.9 Å². The minimum absolute atomic E-state index is 0.0789. The summed E-state index contributed by atoms with van der Waals surface area (Å²) in [6.07, 6.45) is 4.66. The van der Waals surface area contributed by atoms with Gasteiger partial charge < -0.3 is 15.0 Å². The van der Waals surface area contributed by atoms with Crippen LogP contribution in [0.1, 0.15) is 39.0 Å². The molecule has 0 aliphatic carbocycles. The lowest BCUT2D eigenvalue weighted by Crippen LogP contribution is -2.51. The van der Waals surface area contributed by atoms with E-state index in [2.05, 4.69) is 28.4 Å². The normalized spacial score (nSPS) is 24.4. The number of ether oxygens (including phenoxy) is 1. The molecule has 2 saturated heterocycles. The van der Waals surface area contributed by atoms with Crippen LogP contribution in [0, 0.1) is 11.8 Å². The summed E-state index contributed by atoms with van der Waals surface area (Å²) in [5.74, 6) is 1.85. The van der Waals surface area contributed by atoms with Crippen molar-refractivity contribution in [1.29, 1.82) is 0 Å². The van der Waals surface area contributed by atoms with Gasteiger partial charge in [-0.3, -0.25) is 14.5 Å². The number of carbonyl (C=O) groups excluding carboxylic acids is 2. The number of hydrogen-bond donors (Lipinski definition) is 1. The van der Waals surface area contributed by atoms with Gasteiger partial charge in [-0.1, -0.05) is 36.4 Å². The minimum Gasteiger partial charge on any atom is -0.491 e. The Labute approximate surface area is 202 Å². The molecule has 3 aliphatic heterocycles. The molecular weight excluding hydrogens is 426 g/mol. The van der Waals surface area contributed by atoms with Crippen LogP contribution in [0.2, 0.25) is 0 Å². The molecular formula is C28H35N3O3. The lowest BCUT2D eigenvalue weighted by molar-refractivity contribution is -0.130. The first-order valence-corrected chi connectivity index (χ1v) is 12.7. The van der Waals surface area contributed by atoms with Gasteiger partial charge in [0, 0.05) is 39.0 Å². The van der Waals surface area contributed by atoms with E-state index in [0.717, 1.165) is 74.4 Å². The van der Waals surface area contributed by atoms with Crippen LogP contribution >= 0.6 is 0 Å². The van der Waals surface area contributed by atoms with Crippen LogP contribution in [0.5, 0.6) is 5.75 Å². The Balaban J connectivity index is 1.26. The lowest BCUT2D eigenvalue weighted by Gasteiger charge is -2.45. The SMILES string of the molecule is CC(=O)N1CCC(N2CC[C@H]3CC(=O)Nc4cc(-c5ccccc5)ccc4OCC[C@H]3C2)CC1. The van der Waals surface area contributed by atoms with Crippen molar-refractivity contribution in [2.24, 2.45) is 11.8 Å². The van der Waals surface area contributed by atoms with E-state index in [-0.39, 0.29) is 11.8 Å². The highest BCUT2D eigenvalue weighted by atomic mass is 16.5. The highest BCUT2D eigenvalue weighted by Gasteiger charge is 2.35. The molecule has 0 saturated carbocycles. The Morgan fingerprint density at radius 2 is 1.74 bits per heavy atom. The molecule has 2 aromatic carbocycles. The van der Waals surface area contributed by atoms with Gasteiger partial charge in [0.1, 0.15) is 5.75 Å². The topological polar surface area (TPSA) is 61.9 Å². The van der Waals surface area contributed by atoms with Crippen LogP contribution in [-0.2, 0) is 9.59 Å². The fraction of sp³-hybridized carbons (Fsp3) is 0.500. The Bertz CT molecular complexity index is 1020. The molecule has 3 aliphatic rings. The van der Waals surface area contributed by atoms with Crippen LogP contribution < -0.4 is 10.1 Å². The van der Waals surface area contributed by atoms with Gasteiger partial charge in [-0.15, -0.1) is 0 Å². The second-order valence-electron chi connectivity index (χ2n) is 10.0. The molecule has 180 valence electrons. The third-order valence-corrected chi connectivity index (χ3v) is 7.90. The monoisotopic (exact) mass is 461 g/mol. The molecule has 0 spiro atoms. The number of amides is 2. The number of piperidine rings is 2. The molecule has 1 N–H and O–H groups in total. The number of likely N-dealkylation sites (tertiary alicyclic amines) is 2. The number of carbonyl (C=O) groups is 2. The highest BCUT2D eigenvalue weighted by molar-refractivity contribution is 5.93. The quantitative estimate of drug-likeness (QED) is 0.720. The van der Waals surface area contributed by atoms with Gasteiger partial charge in [0.05, 0.1) is 12.3 Å². The van der Waals surface area contributed by atoms with Gasteiger partial charge in [-0.05, 0) is 67.3 Å². The molecule has 2 atom stereocenters. The highest BCUT2D eigenvalue weighted by Crippen LogP contribution is 2.36. The van der Waals surface area contributed by atoms with E-state index in [1.807, 2.05) is 35.2 Å². The van der Waals surface area contributed by atoms with Crippen molar-refractivity contribution in [1.82, 2.24) is 9.80 Å². The zero-order chi connectivity index (χ0) is 23.5. The summed E-state index contributed by atoms with van der Waals surface area (Å²) >= 11 is 0. The van der Waals surface area contributed by atoms with E-state index < -0.39 is 0 Å². The summed E-state index contributed by atoms with van der Waals surface area (Å²) in [6, 6.07) is 16.8.